The number of hydrogen-bond acceptors (Lipinski definition) is 3. The zero-order chi connectivity index (χ0) is 21.3. The van der Waals surface area contributed by atoms with Gasteiger partial charge in [-0.2, -0.15) is 0 Å². The fourth-order valence-electron chi connectivity index (χ4n) is 2.57. The van der Waals surface area contributed by atoms with Crippen LogP contribution in [0.1, 0.15) is 5.56 Å². The van der Waals surface area contributed by atoms with Gasteiger partial charge < -0.3 is 10.4 Å². The molecule has 0 atom stereocenters. The average molecular weight is 404 g/mol. The first-order chi connectivity index (χ1) is 14.5. The SMILES string of the molecule is O=C(/C=C/c1ccccc1)Nc1ccccc1F.Oc1ccc2cccc(F)c2n1. The number of carbonyl (C=O) groups is 1. The maximum Gasteiger partial charge on any atom is 0.248 e. The van der Waals surface area contributed by atoms with Crippen LogP contribution in [0, 0.1) is 11.6 Å². The fourth-order valence-corrected chi connectivity index (χ4v) is 2.57. The third-order valence-electron chi connectivity index (χ3n) is 4.01. The summed E-state index contributed by atoms with van der Waals surface area (Å²) < 4.78 is 26.3. The summed E-state index contributed by atoms with van der Waals surface area (Å²) in [6.45, 7) is 0. The molecule has 30 heavy (non-hydrogen) atoms. The molecule has 0 radical (unpaired) electrons. The molecule has 1 amide bonds. The Labute approximate surface area is 172 Å². The number of anilines is 1. The first kappa shape index (κ1) is 20.7. The number of para-hydroxylation sites is 2. The minimum absolute atomic E-state index is 0.160. The van der Waals surface area contributed by atoms with Crippen molar-refractivity contribution in [3.63, 3.8) is 0 Å². The van der Waals surface area contributed by atoms with E-state index in [-0.39, 0.29) is 23.0 Å². The second-order valence-corrected chi connectivity index (χ2v) is 6.19. The minimum Gasteiger partial charge on any atom is -0.493 e. The van der Waals surface area contributed by atoms with E-state index in [0.29, 0.717) is 5.39 Å². The molecule has 3 aromatic carbocycles. The van der Waals surface area contributed by atoms with Crippen molar-refractivity contribution in [2.24, 2.45) is 0 Å². The maximum atomic E-state index is 13.3. The summed E-state index contributed by atoms with van der Waals surface area (Å²) >= 11 is 0. The number of rotatable bonds is 3. The third-order valence-corrected chi connectivity index (χ3v) is 4.01. The van der Waals surface area contributed by atoms with Crippen molar-refractivity contribution in [1.82, 2.24) is 4.98 Å². The van der Waals surface area contributed by atoms with Crippen molar-refractivity contribution in [1.29, 1.82) is 0 Å². The number of amides is 1. The standard InChI is InChI=1S/C15H12FNO.C9H6FNO/c16-13-8-4-5-9-14(13)17-15(18)11-10-12-6-2-1-3-7-12;10-7-3-1-2-6-4-5-8(12)11-9(6)7/h1-11H,(H,17,18);1-5H,(H,11,12)/b11-10+;. The lowest BCUT2D eigenvalue weighted by atomic mass is 10.2. The number of aromatic nitrogens is 1. The molecule has 1 heterocycles. The Balaban J connectivity index is 0.000000184. The molecular weight excluding hydrogens is 386 g/mol. The number of aromatic hydroxyl groups is 1. The maximum absolute atomic E-state index is 13.3. The summed E-state index contributed by atoms with van der Waals surface area (Å²) in [5, 5.41) is 12.1. The number of carbonyl (C=O) groups excluding carboxylic acids is 1. The first-order valence-electron chi connectivity index (χ1n) is 9.06. The Morgan fingerprint density at radius 1 is 0.833 bits per heavy atom. The van der Waals surface area contributed by atoms with Crippen LogP contribution in [0.4, 0.5) is 14.5 Å². The predicted octanol–water partition coefficient (Wildman–Crippen LogP) is 5.56. The molecule has 150 valence electrons. The highest BCUT2D eigenvalue weighted by Crippen LogP contribution is 2.18. The van der Waals surface area contributed by atoms with Gasteiger partial charge in [-0.05, 0) is 35.9 Å². The Morgan fingerprint density at radius 3 is 2.30 bits per heavy atom. The van der Waals surface area contributed by atoms with Gasteiger partial charge in [0.2, 0.25) is 11.8 Å². The van der Waals surface area contributed by atoms with Gasteiger partial charge in [0.25, 0.3) is 0 Å². The molecule has 0 spiro atoms. The fraction of sp³-hybridized carbons (Fsp3) is 0. The van der Waals surface area contributed by atoms with Crippen LogP contribution in [0.2, 0.25) is 0 Å². The number of halogens is 2. The van der Waals surface area contributed by atoms with Gasteiger partial charge >= 0.3 is 0 Å². The second-order valence-electron chi connectivity index (χ2n) is 6.19. The van der Waals surface area contributed by atoms with E-state index in [0.717, 1.165) is 5.56 Å². The molecule has 2 N–H and O–H groups in total. The van der Waals surface area contributed by atoms with E-state index in [2.05, 4.69) is 10.3 Å². The smallest absolute Gasteiger partial charge is 0.248 e. The van der Waals surface area contributed by atoms with Gasteiger partial charge in [-0.15, -0.1) is 0 Å². The van der Waals surface area contributed by atoms with Crippen LogP contribution >= 0.6 is 0 Å². The number of nitrogens with zero attached hydrogens (tertiary/aromatic N) is 1. The highest BCUT2D eigenvalue weighted by Gasteiger charge is 2.03. The van der Waals surface area contributed by atoms with Crippen molar-refractivity contribution in [3.05, 3.63) is 108 Å². The van der Waals surface area contributed by atoms with Gasteiger partial charge in [0.05, 0.1) is 5.69 Å². The molecule has 0 saturated heterocycles. The van der Waals surface area contributed by atoms with E-state index < -0.39 is 11.6 Å². The number of nitrogens with one attached hydrogen (secondary N) is 1. The second kappa shape index (κ2) is 9.93. The zero-order valence-electron chi connectivity index (χ0n) is 15.8. The lowest BCUT2D eigenvalue weighted by molar-refractivity contribution is -0.111. The normalized spacial score (nSPS) is 10.5. The zero-order valence-corrected chi connectivity index (χ0v) is 15.8. The summed E-state index contributed by atoms with van der Waals surface area (Å²) in [5.41, 5.74) is 1.30. The summed E-state index contributed by atoms with van der Waals surface area (Å²) in [6.07, 6.45) is 3.05. The van der Waals surface area contributed by atoms with Crippen LogP contribution in [0.5, 0.6) is 5.88 Å². The van der Waals surface area contributed by atoms with Crippen LogP contribution in [-0.2, 0) is 4.79 Å². The van der Waals surface area contributed by atoms with Gasteiger partial charge in [-0.3, -0.25) is 4.79 Å². The predicted molar refractivity (Wildman–Crippen MR) is 114 cm³/mol. The monoisotopic (exact) mass is 404 g/mol. The van der Waals surface area contributed by atoms with E-state index in [9.17, 15) is 13.6 Å². The Hall–Kier alpha value is -4.06. The van der Waals surface area contributed by atoms with Crippen molar-refractivity contribution >= 4 is 28.6 Å². The van der Waals surface area contributed by atoms with Crippen molar-refractivity contribution in [2.45, 2.75) is 0 Å². The largest absolute Gasteiger partial charge is 0.493 e. The van der Waals surface area contributed by atoms with Crippen molar-refractivity contribution in [2.75, 3.05) is 5.32 Å². The molecular formula is C24H18F2N2O2. The quantitative estimate of drug-likeness (QED) is 0.440. The average Bonchev–Trinajstić information content (AvgIpc) is 2.76. The molecule has 1 aromatic heterocycles. The molecule has 4 rings (SSSR count). The van der Waals surface area contributed by atoms with E-state index >= 15 is 0 Å². The van der Waals surface area contributed by atoms with Gasteiger partial charge in [0.1, 0.15) is 17.2 Å². The van der Waals surface area contributed by atoms with Crippen LogP contribution in [0.15, 0.2) is 91.0 Å². The van der Waals surface area contributed by atoms with Crippen LogP contribution < -0.4 is 5.32 Å². The van der Waals surface area contributed by atoms with Crippen LogP contribution in [0.3, 0.4) is 0 Å². The van der Waals surface area contributed by atoms with Gasteiger partial charge in [0, 0.05) is 17.5 Å². The molecule has 4 nitrogen and oxygen atoms in total. The summed E-state index contributed by atoms with van der Waals surface area (Å²) in [4.78, 5) is 15.2. The Kier molecular flexibility index (Phi) is 6.84. The molecule has 0 aliphatic heterocycles. The summed E-state index contributed by atoms with van der Waals surface area (Å²) in [6, 6.07) is 23.2. The number of pyridine rings is 1. The molecule has 0 fully saturated rings. The van der Waals surface area contributed by atoms with Gasteiger partial charge in [0.15, 0.2) is 0 Å². The van der Waals surface area contributed by atoms with Crippen LogP contribution in [-0.4, -0.2) is 16.0 Å². The minimum atomic E-state index is -0.445. The van der Waals surface area contributed by atoms with E-state index in [1.165, 1.54) is 30.3 Å². The number of benzene rings is 3. The lowest BCUT2D eigenvalue weighted by Crippen LogP contribution is -2.08. The molecule has 4 aromatic rings. The highest BCUT2D eigenvalue weighted by molar-refractivity contribution is 6.01. The van der Waals surface area contributed by atoms with Gasteiger partial charge in [-0.25, -0.2) is 13.8 Å². The summed E-state index contributed by atoms with van der Waals surface area (Å²) in [7, 11) is 0. The van der Waals surface area contributed by atoms with Crippen molar-refractivity contribution in [3.8, 4) is 5.88 Å². The number of hydrogen-bond donors (Lipinski definition) is 2. The number of fused-ring (bicyclic) bond motifs is 1. The molecule has 0 aliphatic rings. The highest BCUT2D eigenvalue weighted by atomic mass is 19.1. The molecule has 0 bridgehead atoms. The third kappa shape index (κ3) is 5.72. The molecule has 0 unspecified atom stereocenters. The van der Waals surface area contributed by atoms with Gasteiger partial charge in [-0.1, -0.05) is 54.6 Å². The van der Waals surface area contributed by atoms with Crippen molar-refractivity contribution < 1.29 is 18.7 Å². The van der Waals surface area contributed by atoms with Crippen LogP contribution in [0.25, 0.3) is 17.0 Å². The molecule has 0 saturated carbocycles. The summed E-state index contributed by atoms with van der Waals surface area (Å²) in [5.74, 6) is -1.38. The topological polar surface area (TPSA) is 62.2 Å². The first-order valence-corrected chi connectivity index (χ1v) is 9.06. The Bertz CT molecular complexity index is 1180. The molecule has 6 heteroatoms. The Morgan fingerprint density at radius 2 is 1.53 bits per heavy atom. The molecule has 0 aliphatic carbocycles. The lowest BCUT2D eigenvalue weighted by Gasteiger charge is -2.02. The van der Waals surface area contributed by atoms with E-state index in [1.54, 1.807) is 36.4 Å². The van der Waals surface area contributed by atoms with E-state index in [1.807, 2.05) is 30.3 Å². The van der Waals surface area contributed by atoms with E-state index in [4.69, 9.17) is 5.11 Å².